The largest absolute Gasteiger partial charge is 0.261 e. The van der Waals surface area contributed by atoms with E-state index in [-0.39, 0.29) is 0 Å². The van der Waals surface area contributed by atoms with Gasteiger partial charge in [0.15, 0.2) is 5.15 Å². The summed E-state index contributed by atoms with van der Waals surface area (Å²) >= 11 is 7.61. The van der Waals surface area contributed by atoms with Gasteiger partial charge in [-0.1, -0.05) is 35.9 Å². The summed E-state index contributed by atoms with van der Waals surface area (Å²) in [6.45, 7) is 1.97. The van der Waals surface area contributed by atoms with E-state index in [1.807, 2.05) is 49.0 Å². The van der Waals surface area contributed by atoms with E-state index in [9.17, 15) is 0 Å². The Hall–Kier alpha value is -1.59. The first-order valence-electron chi connectivity index (χ1n) is 5.74. The van der Waals surface area contributed by atoms with Gasteiger partial charge in [0.25, 0.3) is 0 Å². The molecule has 0 aliphatic carbocycles. The molecule has 0 amide bonds. The quantitative estimate of drug-likeness (QED) is 0.725. The Morgan fingerprint density at radius 2 is 1.89 bits per heavy atom. The Morgan fingerprint density at radius 1 is 1.16 bits per heavy atom. The van der Waals surface area contributed by atoms with Crippen LogP contribution in [0.15, 0.2) is 40.4 Å². The lowest BCUT2D eigenvalue weighted by atomic mass is 10.2. The lowest BCUT2D eigenvalue weighted by molar-refractivity contribution is 0.692. The van der Waals surface area contributed by atoms with Crippen molar-refractivity contribution in [3.8, 4) is 0 Å². The van der Waals surface area contributed by atoms with Crippen LogP contribution in [0.1, 0.15) is 5.69 Å². The van der Waals surface area contributed by atoms with E-state index < -0.39 is 0 Å². The number of hydrogen-bond acceptors (Lipinski definition) is 4. The van der Waals surface area contributed by atoms with Gasteiger partial charge in [-0.15, -0.1) is 10.2 Å². The van der Waals surface area contributed by atoms with Crippen LogP contribution in [0.5, 0.6) is 0 Å². The molecule has 0 saturated heterocycles. The van der Waals surface area contributed by atoms with Gasteiger partial charge in [0.2, 0.25) is 0 Å². The van der Waals surface area contributed by atoms with E-state index in [4.69, 9.17) is 11.6 Å². The second kappa shape index (κ2) is 4.83. The number of benzene rings is 1. The van der Waals surface area contributed by atoms with Crippen LogP contribution in [0.3, 0.4) is 0 Å². The molecule has 2 heterocycles. The molecule has 4 nitrogen and oxygen atoms in total. The molecule has 19 heavy (non-hydrogen) atoms. The molecule has 96 valence electrons. The summed E-state index contributed by atoms with van der Waals surface area (Å²) in [5.41, 5.74) is 0.983. The van der Waals surface area contributed by atoms with E-state index in [0.717, 1.165) is 26.5 Å². The highest BCUT2D eigenvalue weighted by molar-refractivity contribution is 7.99. The average Bonchev–Trinajstić information content (AvgIpc) is 2.72. The van der Waals surface area contributed by atoms with Crippen LogP contribution in [0.25, 0.3) is 10.8 Å². The van der Waals surface area contributed by atoms with Crippen molar-refractivity contribution in [3.63, 3.8) is 0 Å². The minimum absolute atomic E-state index is 0.432. The Labute approximate surface area is 119 Å². The Bertz CT molecular complexity index is 753. The van der Waals surface area contributed by atoms with Gasteiger partial charge >= 0.3 is 0 Å². The molecule has 0 bridgehead atoms. The monoisotopic (exact) mass is 290 g/mol. The molecule has 0 aliphatic heterocycles. The Morgan fingerprint density at radius 3 is 2.58 bits per heavy atom. The molecule has 0 unspecified atom stereocenters. The fraction of sp³-hybridized carbons (Fsp3) is 0.154. The summed E-state index contributed by atoms with van der Waals surface area (Å²) in [7, 11) is 1.92. The summed E-state index contributed by atoms with van der Waals surface area (Å²) in [6.07, 6.45) is 0. The van der Waals surface area contributed by atoms with Gasteiger partial charge in [-0.3, -0.25) is 4.68 Å². The Balaban J connectivity index is 2.11. The van der Waals surface area contributed by atoms with Crippen LogP contribution in [-0.2, 0) is 7.05 Å². The second-order valence-corrected chi connectivity index (χ2v) is 5.56. The molecule has 0 N–H and O–H groups in total. The predicted octanol–water partition coefficient (Wildman–Crippen LogP) is 3.48. The molecule has 0 fully saturated rings. The number of fused-ring (bicyclic) bond motifs is 1. The number of halogens is 1. The van der Waals surface area contributed by atoms with Crippen molar-refractivity contribution in [2.75, 3.05) is 0 Å². The highest BCUT2D eigenvalue weighted by Crippen LogP contribution is 2.33. The van der Waals surface area contributed by atoms with Gasteiger partial charge in [0, 0.05) is 17.8 Å². The van der Waals surface area contributed by atoms with Gasteiger partial charge < -0.3 is 0 Å². The third kappa shape index (κ3) is 2.31. The molecule has 0 radical (unpaired) electrons. The predicted molar refractivity (Wildman–Crippen MR) is 76.6 cm³/mol. The third-order valence-electron chi connectivity index (χ3n) is 2.77. The van der Waals surface area contributed by atoms with Gasteiger partial charge in [0.05, 0.1) is 5.69 Å². The number of aromatic nitrogens is 4. The minimum atomic E-state index is 0.432. The molecule has 3 aromatic rings. The summed E-state index contributed by atoms with van der Waals surface area (Å²) in [5.74, 6) is 0. The smallest absolute Gasteiger partial charge is 0.159 e. The first-order chi connectivity index (χ1) is 9.15. The van der Waals surface area contributed by atoms with Crippen molar-refractivity contribution in [1.82, 2.24) is 20.0 Å². The molecule has 2 aromatic heterocycles. The van der Waals surface area contributed by atoms with Gasteiger partial charge in [-0.05, 0) is 24.8 Å². The normalized spacial score (nSPS) is 11.1. The molecule has 3 rings (SSSR count). The van der Waals surface area contributed by atoms with Crippen LogP contribution >= 0.6 is 23.4 Å². The summed E-state index contributed by atoms with van der Waals surface area (Å²) in [6, 6.07) is 9.89. The molecule has 0 atom stereocenters. The van der Waals surface area contributed by atoms with Crippen LogP contribution in [-0.4, -0.2) is 20.0 Å². The lowest BCUT2D eigenvalue weighted by Gasteiger charge is -2.05. The topological polar surface area (TPSA) is 43.6 Å². The lowest BCUT2D eigenvalue weighted by Crippen LogP contribution is -1.94. The fourth-order valence-corrected chi connectivity index (χ4v) is 3.08. The number of aryl methyl sites for hydroxylation is 2. The summed E-state index contributed by atoms with van der Waals surface area (Å²) < 4.78 is 1.84. The third-order valence-corrected chi connectivity index (χ3v) is 4.13. The van der Waals surface area contributed by atoms with Crippen molar-refractivity contribution in [3.05, 3.63) is 41.2 Å². The number of hydrogen-bond donors (Lipinski definition) is 0. The van der Waals surface area contributed by atoms with Gasteiger partial charge in [-0.25, -0.2) is 0 Å². The van der Waals surface area contributed by atoms with Crippen LogP contribution in [0.4, 0.5) is 0 Å². The van der Waals surface area contributed by atoms with Gasteiger partial charge in [0.1, 0.15) is 10.1 Å². The van der Waals surface area contributed by atoms with E-state index in [2.05, 4.69) is 15.3 Å². The molecule has 0 saturated carbocycles. The molecule has 0 spiro atoms. The summed E-state index contributed by atoms with van der Waals surface area (Å²) in [4.78, 5) is 0. The summed E-state index contributed by atoms with van der Waals surface area (Å²) in [5, 5.41) is 16.7. The van der Waals surface area contributed by atoms with Crippen molar-refractivity contribution >= 4 is 34.1 Å². The maximum absolute atomic E-state index is 6.07. The zero-order valence-corrected chi connectivity index (χ0v) is 12.0. The highest BCUT2D eigenvalue weighted by Gasteiger charge is 2.11. The first kappa shape index (κ1) is 12.4. The van der Waals surface area contributed by atoms with E-state index in [0.29, 0.717) is 5.15 Å². The van der Waals surface area contributed by atoms with Gasteiger partial charge in [-0.2, -0.15) is 5.10 Å². The minimum Gasteiger partial charge on any atom is -0.261 e. The maximum Gasteiger partial charge on any atom is 0.159 e. The standard InChI is InChI=1S/C13H11ClN4S/c1-8-7-11(18(2)17-8)19-13-10-6-4-3-5-9(10)12(14)15-16-13/h3-7H,1-2H3. The van der Waals surface area contributed by atoms with Crippen LogP contribution in [0, 0.1) is 6.92 Å². The zero-order valence-electron chi connectivity index (χ0n) is 10.5. The fourth-order valence-electron chi connectivity index (χ4n) is 1.90. The number of rotatable bonds is 2. The second-order valence-electron chi connectivity index (χ2n) is 4.19. The molecular weight excluding hydrogens is 280 g/mol. The van der Waals surface area contributed by atoms with Crippen molar-refractivity contribution in [1.29, 1.82) is 0 Å². The number of nitrogens with zero attached hydrogens (tertiary/aromatic N) is 4. The van der Waals surface area contributed by atoms with E-state index in [1.165, 1.54) is 0 Å². The maximum atomic E-state index is 6.07. The molecule has 0 aliphatic rings. The molecule has 1 aromatic carbocycles. The first-order valence-corrected chi connectivity index (χ1v) is 6.94. The van der Waals surface area contributed by atoms with Crippen molar-refractivity contribution in [2.45, 2.75) is 17.0 Å². The van der Waals surface area contributed by atoms with Crippen molar-refractivity contribution < 1.29 is 0 Å². The SMILES string of the molecule is Cc1cc(Sc2nnc(Cl)c3ccccc23)n(C)n1. The zero-order chi connectivity index (χ0) is 13.4. The average molecular weight is 291 g/mol. The van der Waals surface area contributed by atoms with E-state index in [1.54, 1.807) is 11.8 Å². The van der Waals surface area contributed by atoms with E-state index >= 15 is 0 Å². The highest BCUT2D eigenvalue weighted by atomic mass is 35.5. The molecular formula is C13H11ClN4S. The van der Waals surface area contributed by atoms with Crippen molar-refractivity contribution in [2.24, 2.45) is 7.05 Å². The Kier molecular flexibility index (Phi) is 3.16. The molecule has 6 heteroatoms. The van der Waals surface area contributed by atoms with Crippen LogP contribution in [0.2, 0.25) is 5.15 Å². The van der Waals surface area contributed by atoms with Crippen LogP contribution < -0.4 is 0 Å².